The number of hydrogen-bond acceptors (Lipinski definition) is 2. The van der Waals surface area contributed by atoms with Crippen LogP contribution in [0.1, 0.15) is 40.0 Å². The van der Waals surface area contributed by atoms with E-state index in [0.29, 0.717) is 12.0 Å². The van der Waals surface area contributed by atoms with Crippen molar-refractivity contribution in [3.05, 3.63) is 0 Å². The topological polar surface area (TPSA) is 66.4 Å². The van der Waals surface area contributed by atoms with Crippen molar-refractivity contribution in [1.29, 1.82) is 0 Å². The largest absolute Gasteiger partial charge is 0.481 e. The van der Waals surface area contributed by atoms with Crippen molar-refractivity contribution in [2.24, 2.45) is 23.2 Å². The zero-order chi connectivity index (χ0) is 12.8. The maximum absolute atomic E-state index is 12.0. The number of nitrogens with one attached hydrogen (secondary N) is 1. The second-order valence-corrected chi connectivity index (χ2v) is 6.01. The van der Waals surface area contributed by atoms with Crippen molar-refractivity contribution in [3.8, 4) is 0 Å². The molecule has 0 bridgehead atoms. The van der Waals surface area contributed by atoms with Crippen LogP contribution < -0.4 is 5.32 Å². The molecular weight excluding hydrogens is 218 g/mol. The Morgan fingerprint density at radius 1 is 1.35 bits per heavy atom. The fraction of sp³-hybridized carbons (Fsp3) is 0.846. The van der Waals surface area contributed by atoms with Crippen LogP contribution in [0.3, 0.4) is 0 Å². The van der Waals surface area contributed by atoms with Crippen molar-refractivity contribution < 1.29 is 14.7 Å². The van der Waals surface area contributed by atoms with Crippen LogP contribution in [0, 0.1) is 23.2 Å². The Balaban J connectivity index is 1.85. The lowest BCUT2D eigenvalue weighted by molar-refractivity contribution is -0.140. The third kappa shape index (κ3) is 2.17. The summed E-state index contributed by atoms with van der Waals surface area (Å²) >= 11 is 0. The number of amides is 1. The van der Waals surface area contributed by atoms with Crippen LogP contribution in [0.2, 0.25) is 0 Å². The predicted octanol–water partition coefficient (Wildman–Crippen LogP) is 1.65. The summed E-state index contributed by atoms with van der Waals surface area (Å²) in [6.07, 6.45) is 3.36. The molecule has 0 heterocycles. The molecule has 0 saturated heterocycles. The molecule has 2 saturated carbocycles. The summed E-state index contributed by atoms with van der Waals surface area (Å²) in [7, 11) is 0. The number of aliphatic carboxylic acids is 1. The summed E-state index contributed by atoms with van der Waals surface area (Å²) < 4.78 is 0. The highest BCUT2D eigenvalue weighted by Gasteiger charge is 2.66. The monoisotopic (exact) mass is 239 g/mol. The smallest absolute Gasteiger partial charge is 0.307 e. The van der Waals surface area contributed by atoms with Gasteiger partial charge in [0.25, 0.3) is 0 Å². The molecule has 2 aliphatic rings. The van der Waals surface area contributed by atoms with E-state index < -0.39 is 11.9 Å². The van der Waals surface area contributed by atoms with Gasteiger partial charge in [-0.2, -0.15) is 0 Å². The van der Waals surface area contributed by atoms with Gasteiger partial charge in [0.05, 0.1) is 11.8 Å². The van der Waals surface area contributed by atoms with Crippen LogP contribution in [0.15, 0.2) is 0 Å². The van der Waals surface area contributed by atoms with Gasteiger partial charge in [-0.25, -0.2) is 0 Å². The Bertz CT molecular complexity index is 351. The molecule has 0 radical (unpaired) electrons. The molecule has 1 amide bonds. The van der Waals surface area contributed by atoms with E-state index in [4.69, 9.17) is 5.11 Å². The molecule has 2 N–H and O–H groups in total. The van der Waals surface area contributed by atoms with Crippen molar-refractivity contribution in [1.82, 2.24) is 5.32 Å². The fourth-order valence-electron chi connectivity index (χ4n) is 2.97. The molecule has 2 rings (SSSR count). The minimum absolute atomic E-state index is 0.0639. The Hall–Kier alpha value is -1.06. The summed E-state index contributed by atoms with van der Waals surface area (Å²) in [6, 6.07) is 0.299. The highest BCUT2D eigenvalue weighted by Crippen LogP contribution is 2.58. The number of carbonyl (C=O) groups is 2. The molecule has 0 spiro atoms. The SMILES string of the molecule is CCCC1CC1NC(=O)C1C(C(=O)O)C1(C)C. The van der Waals surface area contributed by atoms with Crippen LogP contribution in [-0.4, -0.2) is 23.0 Å². The number of carboxylic acids is 1. The molecule has 0 aromatic rings. The normalized spacial score (nSPS) is 37.4. The third-order valence-corrected chi connectivity index (χ3v) is 4.29. The van der Waals surface area contributed by atoms with Crippen LogP contribution in [0.25, 0.3) is 0 Å². The van der Waals surface area contributed by atoms with Gasteiger partial charge in [0.2, 0.25) is 5.91 Å². The number of carboxylic acid groups (broad SMARTS) is 1. The lowest BCUT2D eigenvalue weighted by Gasteiger charge is -2.05. The molecule has 4 atom stereocenters. The first-order valence-corrected chi connectivity index (χ1v) is 6.42. The van der Waals surface area contributed by atoms with Crippen molar-refractivity contribution in [3.63, 3.8) is 0 Å². The van der Waals surface area contributed by atoms with E-state index in [1.54, 1.807) is 0 Å². The van der Waals surface area contributed by atoms with Crippen molar-refractivity contribution in [2.45, 2.75) is 46.1 Å². The summed E-state index contributed by atoms with van der Waals surface area (Å²) in [4.78, 5) is 22.9. The maximum Gasteiger partial charge on any atom is 0.307 e. The fourth-order valence-corrected chi connectivity index (χ4v) is 2.97. The minimum Gasteiger partial charge on any atom is -0.481 e. The predicted molar refractivity (Wildman–Crippen MR) is 63.3 cm³/mol. The van der Waals surface area contributed by atoms with Crippen LogP contribution in [0.4, 0.5) is 0 Å². The van der Waals surface area contributed by atoms with Gasteiger partial charge < -0.3 is 10.4 Å². The molecule has 0 aromatic carbocycles. The quantitative estimate of drug-likeness (QED) is 0.766. The van der Waals surface area contributed by atoms with Crippen molar-refractivity contribution >= 4 is 11.9 Å². The molecule has 2 aliphatic carbocycles. The van der Waals surface area contributed by atoms with E-state index in [2.05, 4.69) is 12.2 Å². The lowest BCUT2D eigenvalue weighted by atomic mass is 10.1. The molecule has 0 aliphatic heterocycles. The number of rotatable bonds is 5. The second-order valence-electron chi connectivity index (χ2n) is 6.01. The molecule has 0 aromatic heterocycles. The van der Waals surface area contributed by atoms with E-state index in [-0.39, 0.29) is 17.2 Å². The van der Waals surface area contributed by atoms with Gasteiger partial charge >= 0.3 is 5.97 Å². The average Bonchev–Trinajstić information content (AvgIpc) is 3.03. The van der Waals surface area contributed by atoms with Gasteiger partial charge in [0.1, 0.15) is 0 Å². The number of hydrogen-bond donors (Lipinski definition) is 2. The van der Waals surface area contributed by atoms with Gasteiger partial charge in [0, 0.05) is 6.04 Å². The molecule has 4 unspecified atom stereocenters. The molecule has 4 heteroatoms. The van der Waals surface area contributed by atoms with E-state index in [9.17, 15) is 9.59 Å². The Kier molecular flexibility index (Phi) is 2.92. The van der Waals surface area contributed by atoms with E-state index >= 15 is 0 Å². The first-order chi connectivity index (χ1) is 7.89. The Morgan fingerprint density at radius 3 is 2.47 bits per heavy atom. The Labute approximate surface area is 102 Å². The summed E-state index contributed by atoms with van der Waals surface area (Å²) in [5.41, 5.74) is -0.384. The minimum atomic E-state index is -0.851. The summed E-state index contributed by atoms with van der Waals surface area (Å²) in [5, 5.41) is 12.0. The van der Waals surface area contributed by atoms with Crippen LogP contribution >= 0.6 is 0 Å². The standard InChI is InChI=1S/C13H21NO3/c1-4-5-7-6-8(7)14-11(15)9-10(12(16)17)13(9,2)3/h7-10H,4-6H2,1-3H3,(H,14,15)(H,16,17). The summed E-state index contributed by atoms with van der Waals surface area (Å²) in [6.45, 7) is 5.85. The van der Waals surface area contributed by atoms with Crippen LogP contribution in [-0.2, 0) is 9.59 Å². The van der Waals surface area contributed by atoms with Gasteiger partial charge in [-0.1, -0.05) is 27.2 Å². The molecule has 2 fully saturated rings. The lowest BCUT2D eigenvalue weighted by Crippen LogP contribution is -2.30. The third-order valence-electron chi connectivity index (χ3n) is 4.29. The molecule has 96 valence electrons. The van der Waals surface area contributed by atoms with Gasteiger partial charge in [0.15, 0.2) is 0 Å². The molecule has 4 nitrogen and oxygen atoms in total. The van der Waals surface area contributed by atoms with Gasteiger partial charge in [-0.15, -0.1) is 0 Å². The maximum atomic E-state index is 12.0. The van der Waals surface area contributed by atoms with Crippen molar-refractivity contribution in [2.75, 3.05) is 0 Å². The average molecular weight is 239 g/mol. The van der Waals surface area contributed by atoms with E-state index in [0.717, 1.165) is 19.3 Å². The first-order valence-electron chi connectivity index (χ1n) is 6.42. The highest BCUT2D eigenvalue weighted by molar-refractivity contribution is 5.91. The zero-order valence-corrected chi connectivity index (χ0v) is 10.7. The number of carbonyl (C=O) groups excluding carboxylic acids is 1. The zero-order valence-electron chi connectivity index (χ0n) is 10.7. The Morgan fingerprint density at radius 2 is 2.00 bits per heavy atom. The first kappa shape index (κ1) is 12.4. The van der Waals surface area contributed by atoms with E-state index in [1.165, 1.54) is 0 Å². The van der Waals surface area contributed by atoms with Gasteiger partial charge in [-0.05, 0) is 24.2 Å². The van der Waals surface area contributed by atoms with Crippen LogP contribution in [0.5, 0.6) is 0 Å². The highest BCUT2D eigenvalue weighted by atomic mass is 16.4. The molecule has 17 heavy (non-hydrogen) atoms. The second kappa shape index (κ2) is 4.00. The van der Waals surface area contributed by atoms with Gasteiger partial charge in [-0.3, -0.25) is 9.59 Å². The molecular formula is C13H21NO3. The van der Waals surface area contributed by atoms with E-state index in [1.807, 2.05) is 13.8 Å². The summed E-state index contributed by atoms with van der Waals surface area (Å²) in [5.74, 6) is -1.15.